The van der Waals surface area contributed by atoms with E-state index in [-0.39, 0.29) is 18.0 Å². The smallest absolute Gasteiger partial charge is 0.341 e. The van der Waals surface area contributed by atoms with Gasteiger partial charge in [0.05, 0.1) is 16.1 Å². The summed E-state index contributed by atoms with van der Waals surface area (Å²) in [6.45, 7) is 3.72. The van der Waals surface area contributed by atoms with E-state index in [1.165, 1.54) is 9.21 Å². The molecule has 0 radical (unpaired) electrons. The standard InChI is InChI=1S/C21H23FN2O5S2/c1-3-23(4-2)31(27,28)15-9-10-17(22)16(13-15)21(26)29-14-20(25)24-11-12-30-19-8-6-5-7-18(19)24/h5-10,13H,3-4,11-12,14H2,1-2H3. The number of carbonyl (C=O) groups excluding carboxylic acids is 2. The Labute approximate surface area is 185 Å². The van der Waals surface area contributed by atoms with Crippen molar-refractivity contribution in [3.05, 3.63) is 53.8 Å². The maximum Gasteiger partial charge on any atom is 0.341 e. The van der Waals surface area contributed by atoms with Crippen LogP contribution in [0.15, 0.2) is 52.3 Å². The highest BCUT2D eigenvalue weighted by atomic mass is 32.2. The van der Waals surface area contributed by atoms with Crippen LogP contribution in [-0.2, 0) is 19.6 Å². The Hall–Kier alpha value is -2.43. The first kappa shape index (κ1) is 23.2. The number of benzene rings is 2. The lowest BCUT2D eigenvalue weighted by atomic mass is 10.2. The van der Waals surface area contributed by atoms with E-state index in [4.69, 9.17) is 4.74 Å². The van der Waals surface area contributed by atoms with E-state index in [1.54, 1.807) is 25.6 Å². The highest BCUT2D eigenvalue weighted by Crippen LogP contribution is 2.34. The summed E-state index contributed by atoms with van der Waals surface area (Å²) in [6.07, 6.45) is 0. The van der Waals surface area contributed by atoms with Gasteiger partial charge in [0.1, 0.15) is 5.82 Å². The SMILES string of the molecule is CCN(CC)S(=O)(=O)c1ccc(F)c(C(=O)OCC(=O)N2CCSc3ccccc32)c1. The Balaban J connectivity index is 1.75. The van der Waals surface area contributed by atoms with Gasteiger partial charge in [0.25, 0.3) is 5.91 Å². The fourth-order valence-corrected chi connectivity index (χ4v) is 5.72. The fourth-order valence-electron chi connectivity index (χ4n) is 3.25. The molecule has 10 heteroatoms. The fraction of sp³-hybridized carbons (Fsp3) is 0.333. The molecule has 0 aromatic heterocycles. The monoisotopic (exact) mass is 466 g/mol. The third-order valence-electron chi connectivity index (χ3n) is 4.86. The van der Waals surface area contributed by atoms with Crippen LogP contribution in [0.3, 0.4) is 0 Å². The highest BCUT2D eigenvalue weighted by Gasteiger charge is 2.27. The lowest BCUT2D eigenvalue weighted by Gasteiger charge is -2.28. The third kappa shape index (κ3) is 4.91. The number of esters is 1. The van der Waals surface area contributed by atoms with Crippen molar-refractivity contribution in [1.29, 1.82) is 0 Å². The minimum absolute atomic E-state index is 0.210. The van der Waals surface area contributed by atoms with Crippen molar-refractivity contribution < 1.29 is 27.1 Å². The molecule has 0 fully saturated rings. The number of anilines is 1. The Bertz CT molecular complexity index is 1090. The molecule has 0 atom stereocenters. The Kier molecular flexibility index (Phi) is 7.34. The summed E-state index contributed by atoms with van der Waals surface area (Å²) in [5.74, 6) is -1.75. The van der Waals surface area contributed by atoms with E-state index in [9.17, 15) is 22.4 Å². The zero-order valence-corrected chi connectivity index (χ0v) is 18.8. The molecule has 1 heterocycles. The average Bonchev–Trinajstić information content (AvgIpc) is 2.77. The summed E-state index contributed by atoms with van der Waals surface area (Å²) in [7, 11) is -3.87. The van der Waals surface area contributed by atoms with Crippen LogP contribution >= 0.6 is 11.8 Å². The van der Waals surface area contributed by atoms with Crippen LogP contribution in [0.5, 0.6) is 0 Å². The number of hydrogen-bond acceptors (Lipinski definition) is 6. The van der Waals surface area contributed by atoms with Crippen molar-refractivity contribution in [3.8, 4) is 0 Å². The van der Waals surface area contributed by atoms with Gasteiger partial charge >= 0.3 is 5.97 Å². The average molecular weight is 467 g/mol. The molecule has 7 nitrogen and oxygen atoms in total. The molecule has 2 aromatic rings. The molecule has 1 amide bonds. The first-order valence-electron chi connectivity index (χ1n) is 9.78. The molecule has 0 saturated heterocycles. The van der Waals surface area contributed by atoms with Gasteiger partial charge in [-0.15, -0.1) is 11.8 Å². The number of nitrogens with zero attached hydrogens (tertiary/aromatic N) is 2. The highest BCUT2D eigenvalue weighted by molar-refractivity contribution is 7.99. The van der Waals surface area contributed by atoms with Crippen molar-refractivity contribution in [3.63, 3.8) is 0 Å². The number of amides is 1. The molecule has 1 aliphatic rings. The number of carbonyl (C=O) groups is 2. The van der Waals surface area contributed by atoms with Crippen LogP contribution in [0.2, 0.25) is 0 Å². The predicted molar refractivity (Wildman–Crippen MR) is 116 cm³/mol. The van der Waals surface area contributed by atoms with Crippen LogP contribution < -0.4 is 4.90 Å². The van der Waals surface area contributed by atoms with Crippen molar-refractivity contribution in [1.82, 2.24) is 4.31 Å². The van der Waals surface area contributed by atoms with Gasteiger partial charge in [-0.05, 0) is 30.3 Å². The van der Waals surface area contributed by atoms with Crippen molar-refractivity contribution in [2.45, 2.75) is 23.6 Å². The van der Waals surface area contributed by atoms with E-state index in [2.05, 4.69) is 0 Å². The van der Waals surface area contributed by atoms with Crippen molar-refractivity contribution in [2.24, 2.45) is 0 Å². The van der Waals surface area contributed by atoms with Crippen LogP contribution in [0.25, 0.3) is 0 Å². The zero-order chi connectivity index (χ0) is 22.6. The number of hydrogen-bond donors (Lipinski definition) is 0. The largest absolute Gasteiger partial charge is 0.452 e. The minimum atomic E-state index is -3.87. The number of fused-ring (bicyclic) bond motifs is 1. The summed E-state index contributed by atoms with van der Waals surface area (Å²) in [6, 6.07) is 10.4. The maximum absolute atomic E-state index is 14.2. The molecule has 3 rings (SSSR count). The van der Waals surface area contributed by atoms with Crippen LogP contribution in [-0.4, -0.2) is 56.6 Å². The Morgan fingerprint density at radius 3 is 2.58 bits per heavy atom. The summed E-state index contributed by atoms with van der Waals surface area (Å²) in [5, 5.41) is 0. The first-order chi connectivity index (χ1) is 14.8. The Morgan fingerprint density at radius 2 is 1.87 bits per heavy atom. The summed E-state index contributed by atoms with van der Waals surface area (Å²) in [4.78, 5) is 27.3. The second kappa shape index (κ2) is 9.80. The van der Waals surface area contributed by atoms with E-state index in [1.807, 2.05) is 24.3 Å². The topological polar surface area (TPSA) is 84.0 Å². The first-order valence-corrected chi connectivity index (χ1v) is 12.2. The van der Waals surface area contributed by atoms with Gasteiger partial charge in [-0.1, -0.05) is 26.0 Å². The van der Waals surface area contributed by atoms with Gasteiger partial charge in [0.15, 0.2) is 6.61 Å². The molecule has 0 N–H and O–H groups in total. The lowest BCUT2D eigenvalue weighted by Crippen LogP contribution is -2.38. The quantitative estimate of drug-likeness (QED) is 0.583. The number of para-hydroxylation sites is 1. The Morgan fingerprint density at radius 1 is 1.16 bits per heavy atom. The van der Waals surface area contributed by atoms with Crippen molar-refractivity contribution in [2.75, 3.05) is 36.9 Å². The summed E-state index contributed by atoms with van der Waals surface area (Å²) >= 11 is 1.63. The maximum atomic E-state index is 14.2. The van der Waals surface area contributed by atoms with Crippen LogP contribution in [0.4, 0.5) is 10.1 Å². The van der Waals surface area contributed by atoms with Gasteiger partial charge in [0.2, 0.25) is 10.0 Å². The van der Waals surface area contributed by atoms with Gasteiger partial charge in [0, 0.05) is 30.3 Å². The normalized spacial score (nSPS) is 13.7. The molecule has 31 heavy (non-hydrogen) atoms. The van der Waals surface area contributed by atoms with E-state index in [0.717, 1.165) is 28.8 Å². The molecule has 0 aliphatic carbocycles. The second-order valence-corrected chi connectivity index (χ2v) is 9.74. The molecule has 1 aliphatic heterocycles. The van der Waals surface area contributed by atoms with E-state index in [0.29, 0.717) is 12.3 Å². The summed E-state index contributed by atoms with van der Waals surface area (Å²) < 4.78 is 45.8. The minimum Gasteiger partial charge on any atom is -0.452 e. The molecule has 166 valence electrons. The molecular weight excluding hydrogens is 443 g/mol. The van der Waals surface area contributed by atoms with Crippen molar-refractivity contribution >= 4 is 39.3 Å². The molecule has 0 unspecified atom stereocenters. The number of thioether (sulfide) groups is 1. The summed E-state index contributed by atoms with van der Waals surface area (Å²) in [5.41, 5.74) is 0.203. The number of ether oxygens (including phenoxy) is 1. The van der Waals surface area contributed by atoms with Gasteiger partial charge in [-0.2, -0.15) is 4.31 Å². The van der Waals surface area contributed by atoms with Gasteiger partial charge in [-0.25, -0.2) is 17.6 Å². The number of sulfonamides is 1. The molecular formula is C21H23FN2O5S2. The molecule has 0 spiro atoms. The second-order valence-electron chi connectivity index (χ2n) is 6.67. The lowest BCUT2D eigenvalue weighted by molar-refractivity contribution is -0.121. The number of halogens is 1. The molecule has 0 saturated carbocycles. The van der Waals surface area contributed by atoms with Crippen LogP contribution in [0, 0.1) is 5.82 Å². The van der Waals surface area contributed by atoms with Crippen LogP contribution in [0.1, 0.15) is 24.2 Å². The zero-order valence-electron chi connectivity index (χ0n) is 17.2. The van der Waals surface area contributed by atoms with Gasteiger partial charge < -0.3 is 9.64 Å². The van der Waals surface area contributed by atoms with Gasteiger partial charge in [-0.3, -0.25) is 4.79 Å². The number of rotatable bonds is 7. The van der Waals surface area contributed by atoms with E-state index >= 15 is 0 Å². The molecule has 2 aromatic carbocycles. The molecule has 0 bridgehead atoms. The van der Waals surface area contributed by atoms with E-state index < -0.39 is 39.9 Å². The third-order valence-corrected chi connectivity index (χ3v) is 7.95. The predicted octanol–water partition coefficient (Wildman–Crippen LogP) is 3.15.